The van der Waals surface area contributed by atoms with E-state index < -0.39 is 0 Å². The normalized spacial score (nSPS) is 18.4. The summed E-state index contributed by atoms with van der Waals surface area (Å²) in [5.74, 6) is 0.282. The average Bonchev–Trinajstić information content (AvgIpc) is 3.14. The highest BCUT2D eigenvalue weighted by Crippen LogP contribution is 2.25. The van der Waals surface area contributed by atoms with E-state index in [4.69, 9.17) is 4.74 Å². The number of nitrogens with zero attached hydrogens (tertiary/aromatic N) is 4. The number of hydrogen-bond donors (Lipinski definition) is 1. The van der Waals surface area contributed by atoms with Gasteiger partial charge in [-0.2, -0.15) is 0 Å². The molecular formula is C20H29FN4O2S. The lowest BCUT2D eigenvalue weighted by atomic mass is 10.1. The minimum absolute atomic E-state index is 0.130. The number of methoxy groups -OCH3 is 1. The molecule has 0 aliphatic carbocycles. The van der Waals surface area contributed by atoms with E-state index in [1.54, 1.807) is 23.5 Å². The average molecular weight is 409 g/mol. The molecule has 1 aliphatic heterocycles. The Morgan fingerprint density at radius 2 is 2.14 bits per heavy atom. The third kappa shape index (κ3) is 5.20. The molecule has 1 aliphatic rings. The smallest absolute Gasteiger partial charge is 0.185 e. The number of benzene rings is 1. The van der Waals surface area contributed by atoms with Gasteiger partial charge in [0, 0.05) is 82.2 Å². The van der Waals surface area contributed by atoms with Gasteiger partial charge in [-0.25, -0.2) is 9.37 Å². The van der Waals surface area contributed by atoms with Crippen LogP contribution in [0.1, 0.15) is 16.9 Å². The van der Waals surface area contributed by atoms with Gasteiger partial charge >= 0.3 is 0 Å². The van der Waals surface area contributed by atoms with Crippen molar-refractivity contribution in [3.05, 3.63) is 40.7 Å². The molecule has 2 heterocycles. The predicted molar refractivity (Wildman–Crippen MR) is 111 cm³/mol. The van der Waals surface area contributed by atoms with Gasteiger partial charge in [-0.3, -0.25) is 9.80 Å². The first-order valence-corrected chi connectivity index (χ1v) is 10.3. The summed E-state index contributed by atoms with van der Waals surface area (Å²) in [4.78, 5) is 12.4. The molecule has 0 amide bonds. The van der Waals surface area contributed by atoms with E-state index in [1.807, 2.05) is 25.2 Å². The van der Waals surface area contributed by atoms with Crippen LogP contribution in [0.4, 0.5) is 9.52 Å². The predicted octanol–water partition coefficient (Wildman–Crippen LogP) is 2.43. The fraction of sp³-hybridized carbons (Fsp3) is 0.550. The third-order valence-corrected chi connectivity index (χ3v) is 6.24. The van der Waals surface area contributed by atoms with Gasteiger partial charge in [0.05, 0.1) is 7.11 Å². The van der Waals surface area contributed by atoms with Crippen molar-refractivity contribution < 1.29 is 14.2 Å². The number of piperazine rings is 1. The van der Waals surface area contributed by atoms with Gasteiger partial charge in [0.25, 0.3) is 0 Å². The Labute approximate surface area is 170 Å². The van der Waals surface area contributed by atoms with Crippen LogP contribution in [0.5, 0.6) is 5.75 Å². The van der Waals surface area contributed by atoms with E-state index in [9.17, 15) is 9.50 Å². The van der Waals surface area contributed by atoms with Crippen LogP contribution in [0.2, 0.25) is 0 Å². The van der Waals surface area contributed by atoms with Gasteiger partial charge in [-0.05, 0) is 12.5 Å². The van der Waals surface area contributed by atoms with Gasteiger partial charge in [0.2, 0.25) is 0 Å². The van der Waals surface area contributed by atoms with Crippen molar-refractivity contribution in [3.8, 4) is 5.75 Å². The van der Waals surface area contributed by atoms with Gasteiger partial charge < -0.3 is 14.7 Å². The Bertz CT molecular complexity index is 770. The minimum Gasteiger partial charge on any atom is -0.497 e. The summed E-state index contributed by atoms with van der Waals surface area (Å²) in [7, 11) is 5.53. The summed E-state index contributed by atoms with van der Waals surface area (Å²) in [5, 5.41) is 10.5. The van der Waals surface area contributed by atoms with Crippen LogP contribution in [0.25, 0.3) is 0 Å². The second-order valence-electron chi connectivity index (χ2n) is 7.33. The largest absolute Gasteiger partial charge is 0.497 e. The molecule has 8 heteroatoms. The van der Waals surface area contributed by atoms with Crippen molar-refractivity contribution in [3.63, 3.8) is 0 Å². The number of aliphatic hydroxyl groups excluding tert-OH is 1. The maximum absolute atomic E-state index is 14.4. The molecular weight excluding hydrogens is 379 g/mol. The number of hydrogen-bond acceptors (Lipinski definition) is 7. The van der Waals surface area contributed by atoms with E-state index in [2.05, 4.69) is 14.8 Å². The molecule has 28 heavy (non-hydrogen) atoms. The number of thiazole rings is 1. The van der Waals surface area contributed by atoms with Crippen molar-refractivity contribution in [1.82, 2.24) is 14.8 Å². The lowest BCUT2D eigenvalue weighted by Crippen LogP contribution is -2.52. The molecule has 0 spiro atoms. The first-order valence-electron chi connectivity index (χ1n) is 9.52. The summed E-state index contributed by atoms with van der Waals surface area (Å²) in [6.07, 6.45) is 2.63. The molecule has 0 bridgehead atoms. The second kappa shape index (κ2) is 9.65. The number of aliphatic hydroxyl groups is 1. The monoisotopic (exact) mass is 408 g/mol. The molecule has 1 aromatic carbocycles. The maximum Gasteiger partial charge on any atom is 0.185 e. The fourth-order valence-corrected chi connectivity index (χ4v) is 4.41. The Hall–Kier alpha value is -1.74. The Morgan fingerprint density at radius 3 is 2.79 bits per heavy atom. The summed E-state index contributed by atoms with van der Waals surface area (Å²) in [6.45, 7) is 4.14. The number of aromatic nitrogens is 1. The fourth-order valence-electron chi connectivity index (χ4n) is 3.53. The third-order valence-electron chi connectivity index (χ3n) is 5.09. The molecule has 0 saturated carbocycles. The SMILES string of the molecule is COc1ccc(CN2CCN(Cc3cnc(N(C)C)s3)C[C@@H]2CCO)c(F)c1. The molecule has 0 unspecified atom stereocenters. The van der Waals surface area contributed by atoms with Crippen LogP contribution in [-0.4, -0.2) is 73.4 Å². The topological polar surface area (TPSA) is 52.1 Å². The number of ether oxygens (including phenoxy) is 1. The first kappa shape index (κ1) is 21.0. The molecule has 6 nitrogen and oxygen atoms in total. The highest BCUT2D eigenvalue weighted by atomic mass is 32.1. The minimum atomic E-state index is -0.245. The molecule has 1 fully saturated rings. The Kier molecular flexibility index (Phi) is 7.23. The van der Waals surface area contributed by atoms with Crippen molar-refractivity contribution in [2.45, 2.75) is 25.6 Å². The van der Waals surface area contributed by atoms with Gasteiger partial charge in [-0.15, -0.1) is 11.3 Å². The summed E-state index contributed by atoms with van der Waals surface area (Å²) in [6, 6.07) is 5.21. The molecule has 3 rings (SSSR count). The second-order valence-corrected chi connectivity index (χ2v) is 8.43. The quantitative estimate of drug-likeness (QED) is 0.724. The summed E-state index contributed by atoms with van der Waals surface area (Å²) >= 11 is 1.71. The molecule has 154 valence electrons. The van der Waals surface area contributed by atoms with E-state index >= 15 is 0 Å². The first-order chi connectivity index (χ1) is 13.5. The van der Waals surface area contributed by atoms with Crippen molar-refractivity contribution in [2.75, 3.05) is 52.3 Å². The zero-order valence-electron chi connectivity index (χ0n) is 16.8. The molecule has 1 saturated heterocycles. The van der Waals surface area contributed by atoms with Crippen molar-refractivity contribution >= 4 is 16.5 Å². The number of anilines is 1. The Balaban J connectivity index is 1.63. The summed E-state index contributed by atoms with van der Waals surface area (Å²) in [5.41, 5.74) is 0.662. The zero-order valence-corrected chi connectivity index (χ0v) is 17.6. The van der Waals surface area contributed by atoms with Crippen LogP contribution in [0.15, 0.2) is 24.4 Å². The highest BCUT2D eigenvalue weighted by molar-refractivity contribution is 7.15. The Morgan fingerprint density at radius 1 is 1.32 bits per heavy atom. The highest BCUT2D eigenvalue weighted by Gasteiger charge is 2.27. The van der Waals surface area contributed by atoms with Crippen LogP contribution in [0, 0.1) is 5.82 Å². The van der Waals surface area contributed by atoms with E-state index in [-0.39, 0.29) is 18.5 Å². The van der Waals surface area contributed by atoms with E-state index in [0.29, 0.717) is 24.3 Å². The van der Waals surface area contributed by atoms with Gasteiger partial charge in [-0.1, -0.05) is 6.07 Å². The zero-order chi connectivity index (χ0) is 20.1. The van der Waals surface area contributed by atoms with Crippen LogP contribution >= 0.6 is 11.3 Å². The van der Waals surface area contributed by atoms with Crippen molar-refractivity contribution in [1.29, 1.82) is 0 Å². The molecule has 2 aromatic rings. The maximum atomic E-state index is 14.4. The van der Waals surface area contributed by atoms with Crippen LogP contribution in [-0.2, 0) is 13.1 Å². The summed E-state index contributed by atoms with van der Waals surface area (Å²) < 4.78 is 19.4. The van der Waals surface area contributed by atoms with Crippen LogP contribution in [0.3, 0.4) is 0 Å². The number of rotatable bonds is 8. The molecule has 0 radical (unpaired) electrons. The lowest BCUT2D eigenvalue weighted by Gasteiger charge is -2.41. The van der Waals surface area contributed by atoms with E-state index in [1.165, 1.54) is 18.1 Å². The standard InChI is InChI=1S/C20H29FN4O2S/c1-23(2)20-22-11-18(28-20)14-24-7-8-25(16(13-24)6-9-26)12-15-4-5-17(27-3)10-19(15)21/h4-5,10-11,16,26H,6-9,12-14H2,1-3H3/t16-/m0/s1. The van der Waals surface area contributed by atoms with Gasteiger partial charge in [0.1, 0.15) is 11.6 Å². The molecule has 1 atom stereocenters. The van der Waals surface area contributed by atoms with Crippen LogP contribution < -0.4 is 9.64 Å². The number of halogens is 1. The van der Waals surface area contributed by atoms with E-state index in [0.717, 1.165) is 31.3 Å². The van der Waals surface area contributed by atoms with Crippen molar-refractivity contribution in [2.24, 2.45) is 0 Å². The molecule has 1 aromatic heterocycles. The van der Waals surface area contributed by atoms with Gasteiger partial charge in [0.15, 0.2) is 5.13 Å². The lowest BCUT2D eigenvalue weighted by molar-refractivity contribution is 0.0497. The molecule has 1 N–H and O–H groups in total.